The minimum absolute atomic E-state index is 0.0877. The van der Waals surface area contributed by atoms with Gasteiger partial charge < -0.3 is 20.5 Å². The third kappa shape index (κ3) is 6.58. The van der Waals surface area contributed by atoms with E-state index in [0.29, 0.717) is 28.8 Å². The number of hydrogen-bond donors (Lipinski definition) is 2. The van der Waals surface area contributed by atoms with Crippen molar-refractivity contribution in [3.63, 3.8) is 0 Å². The molecule has 5 rings (SSSR count). The molecule has 0 saturated carbocycles. The van der Waals surface area contributed by atoms with E-state index < -0.39 is 5.91 Å². The van der Waals surface area contributed by atoms with Crippen LogP contribution in [0, 0.1) is 0 Å². The van der Waals surface area contributed by atoms with Gasteiger partial charge >= 0.3 is 0 Å². The van der Waals surface area contributed by atoms with E-state index in [1.54, 1.807) is 6.07 Å². The van der Waals surface area contributed by atoms with Crippen molar-refractivity contribution in [2.24, 2.45) is 5.73 Å². The lowest BCUT2D eigenvalue weighted by atomic mass is 10.00. The number of aliphatic hydroxyl groups is 1. The van der Waals surface area contributed by atoms with Gasteiger partial charge in [-0.15, -0.1) is 0 Å². The van der Waals surface area contributed by atoms with Crippen molar-refractivity contribution < 1.29 is 19.4 Å². The summed E-state index contributed by atoms with van der Waals surface area (Å²) in [6.07, 6.45) is 0.829. The van der Waals surface area contributed by atoms with Crippen molar-refractivity contribution in [3.8, 4) is 17.0 Å². The number of fused-ring (bicyclic) bond motifs is 1. The zero-order valence-corrected chi connectivity index (χ0v) is 24.1. The molecule has 0 fully saturated rings. The highest BCUT2D eigenvalue weighted by atomic mass is 16.5. The van der Waals surface area contributed by atoms with E-state index >= 15 is 0 Å². The Morgan fingerprint density at radius 1 is 0.860 bits per heavy atom. The van der Waals surface area contributed by atoms with Crippen molar-refractivity contribution in [1.82, 2.24) is 9.88 Å². The Morgan fingerprint density at radius 2 is 1.49 bits per heavy atom. The first-order valence-corrected chi connectivity index (χ1v) is 14.4. The van der Waals surface area contributed by atoms with Gasteiger partial charge in [-0.2, -0.15) is 0 Å². The predicted octanol–water partition coefficient (Wildman–Crippen LogP) is 6.09. The highest BCUT2D eigenvalue weighted by molar-refractivity contribution is 6.09. The predicted molar refractivity (Wildman–Crippen MR) is 168 cm³/mol. The number of aliphatic hydroxyl groups excluding tert-OH is 1. The number of aromatic nitrogens is 1. The normalized spacial score (nSPS) is 11.7. The van der Waals surface area contributed by atoms with Crippen LogP contribution >= 0.6 is 0 Å². The quantitative estimate of drug-likeness (QED) is 0.188. The molecule has 5 aromatic rings. The van der Waals surface area contributed by atoms with Gasteiger partial charge in [-0.05, 0) is 29.2 Å². The number of nitrogens with two attached hydrogens (primary N) is 1. The molecular weight excluding hydrogens is 538 g/mol. The van der Waals surface area contributed by atoms with Crippen LogP contribution in [0.1, 0.15) is 46.4 Å². The van der Waals surface area contributed by atoms with Gasteiger partial charge in [0.15, 0.2) is 5.75 Å². The van der Waals surface area contributed by atoms with Crippen LogP contribution < -0.4 is 10.5 Å². The monoisotopic (exact) mass is 573 g/mol. The van der Waals surface area contributed by atoms with E-state index in [1.165, 1.54) is 0 Å². The van der Waals surface area contributed by atoms with Crippen molar-refractivity contribution >= 4 is 22.7 Å². The zero-order chi connectivity index (χ0) is 30.2. The Kier molecular flexibility index (Phi) is 9.44. The van der Waals surface area contributed by atoms with Crippen LogP contribution in [-0.4, -0.2) is 40.0 Å². The number of benzene rings is 4. The summed E-state index contributed by atoms with van der Waals surface area (Å²) in [4.78, 5) is 33.5. The fourth-order valence-corrected chi connectivity index (χ4v) is 5.53. The fraction of sp³-hybridized carbons (Fsp3) is 0.194. The largest absolute Gasteiger partial charge is 0.489 e. The first-order valence-electron chi connectivity index (χ1n) is 14.4. The first-order chi connectivity index (χ1) is 21.0. The van der Waals surface area contributed by atoms with Gasteiger partial charge in [0.05, 0.1) is 36.7 Å². The molecule has 0 radical (unpaired) electrons. The van der Waals surface area contributed by atoms with Crippen molar-refractivity contribution in [2.75, 3.05) is 13.2 Å². The maximum Gasteiger partial charge on any atom is 0.253 e. The van der Waals surface area contributed by atoms with E-state index in [0.717, 1.165) is 22.3 Å². The summed E-state index contributed by atoms with van der Waals surface area (Å²) in [6.45, 7) is 2.27. The molecule has 0 aliphatic carbocycles. The van der Waals surface area contributed by atoms with Gasteiger partial charge in [-0.3, -0.25) is 9.59 Å². The van der Waals surface area contributed by atoms with E-state index in [4.69, 9.17) is 15.5 Å². The average molecular weight is 574 g/mol. The second-order valence-corrected chi connectivity index (χ2v) is 10.3. The summed E-state index contributed by atoms with van der Waals surface area (Å²) in [7, 11) is 0. The number of ether oxygens (including phenoxy) is 1. The van der Waals surface area contributed by atoms with Gasteiger partial charge in [0, 0.05) is 10.9 Å². The van der Waals surface area contributed by atoms with Crippen molar-refractivity contribution in [2.45, 2.75) is 32.4 Å². The van der Waals surface area contributed by atoms with Crippen LogP contribution in [-0.2, 0) is 17.8 Å². The Balaban J connectivity index is 1.51. The molecular formula is C36H35N3O4. The number of carbonyl (C=O) groups is 2. The van der Waals surface area contributed by atoms with Gasteiger partial charge in [0.2, 0.25) is 5.91 Å². The van der Waals surface area contributed by atoms with E-state index in [2.05, 4.69) is 0 Å². The molecule has 0 aliphatic heterocycles. The molecule has 43 heavy (non-hydrogen) atoms. The molecule has 4 aromatic carbocycles. The molecule has 0 aliphatic rings. The minimum Gasteiger partial charge on any atom is -0.489 e. The minimum atomic E-state index is -0.616. The van der Waals surface area contributed by atoms with Crippen molar-refractivity contribution in [3.05, 3.63) is 131 Å². The highest BCUT2D eigenvalue weighted by Crippen LogP contribution is 2.36. The van der Waals surface area contributed by atoms with Crippen LogP contribution in [0.3, 0.4) is 0 Å². The summed E-state index contributed by atoms with van der Waals surface area (Å²) in [6, 6.07) is 34.0. The van der Waals surface area contributed by atoms with Crippen LogP contribution in [0.15, 0.2) is 109 Å². The standard InChI is InChI=1S/C36H35N3O4/c1-2-31(25-13-5-3-6-14-25)39(32(41)23-27-17-9-10-18-28(27)24-40)21-22-43-35-33(36(37)42)29-19-11-12-20-30(29)38-34(35)26-15-7-4-8-16-26/h3-20,31,40H,2,21-24H2,1H3,(H2,37,42)/t31-/m0/s1. The molecule has 7 heteroatoms. The summed E-state index contributed by atoms with van der Waals surface area (Å²) in [5, 5.41) is 10.5. The lowest BCUT2D eigenvalue weighted by molar-refractivity contribution is -0.133. The van der Waals surface area contributed by atoms with Crippen molar-refractivity contribution in [1.29, 1.82) is 0 Å². The molecule has 3 N–H and O–H groups in total. The van der Waals surface area contributed by atoms with Gasteiger partial charge in [0.1, 0.15) is 12.3 Å². The Morgan fingerprint density at radius 3 is 2.16 bits per heavy atom. The van der Waals surface area contributed by atoms with Gasteiger partial charge in [-0.25, -0.2) is 4.98 Å². The highest BCUT2D eigenvalue weighted by Gasteiger charge is 2.26. The number of hydrogen-bond acceptors (Lipinski definition) is 5. The lowest BCUT2D eigenvalue weighted by Crippen LogP contribution is -2.39. The summed E-state index contributed by atoms with van der Waals surface area (Å²) in [5.41, 5.74) is 10.7. The molecule has 1 heterocycles. The number of carbonyl (C=O) groups excluding carboxylic acids is 2. The van der Waals surface area contributed by atoms with E-state index in [1.807, 2.05) is 115 Å². The molecule has 7 nitrogen and oxygen atoms in total. The van der Waals surface area contributed by atoms with E-state index in [9.17, 15) is 14.7 Å². The van der Waals surface area contributed by atoms with Gasteiger partial charge in [-0.1, -0.05) is 110 Å². The van der Waals surface area contributed by atoms with Crippen LogP contribution in [0.2, 0.25) is 0 Å². The molecule has 0 saturated heterocycles. The third-order valence-electron chi connectivity index (χ3n) is 7.62. The Labute approximate surface area is 251 Å². The number of pyridine rings is 1. The molecule has 0 bridgehead atoms. The third-order valence-corrected chi connectivity index (χ3v) is 7.62. The SMILES string of the molecule is CC[C@@H](c1ccccc1)N(CCOc1c(-c2ccccc2)nc2ccccc2c1C(N)=O)C(=O)Cc1ccccc1CO. The summed E-state index contributed by atoms with van der Waals surface area (Å²) < 4.78 is 6.40. The molecule has 0 unspecified atom stereocenters. The number of rotatable bonds is 12. The van der Waals surface area contributed by atoms with Crippen LogP contribution in [0.5, 0.6) is 5.75 Å². The number of nitrogens with zero attached hydrogens (tertiary/aromatic N) is 2. The first kappa shape index (κ1) is 29.5. The van der Waals surface area contributed by atoms with Crippen LogP contribution in [0.4, 0.5) is 0 Å². The maximum atomic E-state index is 13.9. The summed E-state index contributed by atoms with van der Waals surface area (Å²) >= 11 is 0. The van der Waals surface area contributed by atoms with Gasteiger partial charge in [0.25, 0.3) is 5.91 Å². The van der Waals surface area contributed by atoms with E-state index in [-0.39, 0.29) is 43.7 Å². The second kappa shape index (κ2) is 13.8. The lowest BCUT2D eigenvalue weighted by Gasteiger charge is -2.32. The maximum absolute atomic E-state index is 13.9. The molecule has 218 valence electrons. The van der Waals surface area contributed by atoms with Crippen LogP contribution in [0.25, 0.3) is 22.2 Å². The Bertz CT molecular complexity index is 1710. The smallest absolute Gasteiger partial charge is 0.253 e. The fourth-order valence-electron chi connectivity index (χ4n) is 5.53. The number of amides is 2. The number of para-hydroxylation sites is 1. The Hall–Kier alpha value is -5.01. The molecule has 1 atom stereocenters. The molecule has 2 amide bonds. The second-order valence-electron chi connectivity index (χ2n) is 10.3. The topological polar surface area (TPSA) is 106 Å². The average Bonchev–Trinajstić information content (AvgIpc) is 3.04. The summed E-state index contributed by atoms with van der Waals surface area (Å²) in [5.74, 6) is -0.409. The zero-order valence-electron chi connectivity index (χ0n) is 24.1. The number of primary amides is 1. The molecule has 1 aromatic heterocycles. The molecule has 0 spiro atoms.